The lowest BCUT2D eigenvalue weighted by Gasteiger charge is -2.35. The maximum atomic E-state index is 12.7. The standard InChI is InChI=1S/C19H25NO3S2/c1-23-18(22)19(10-3-2-4-11-19)20-16(21)14-6-8-15(9-7-14)17-24-12-5-13-25-17/h6-9,17H,2-5,10-13H2,1H3,(H,20,21). The van der Waals surface area contributed by atoms with Crippen LogP contribution in [0.5, 0.6) is 0 Å². The Kier molecular flexibility index (Phi) is 6.34. The highest BCUT2D eigenvalue weighted by molar-refractivity contribution is 8.16. The molecule has 4 nitrogen and oxygen atoms in total. The van der Waals surface area contributed by atoms with Crippen molar-refractivity contribution >= 4 is 35.4 Å². The molecule has 0 aromatic heterocycles. The van der Waals surface area contributed by atoms with Crippen LogP contribution in [0.1, 0.15) is 59.0 Å². The van der Waals surface area contributed by atoms with Gasteiger partial charge in [-0.2, -0.15) is 0 Å². The first kappa shape index (κ1) is 18.6. The summed E-state index contributed by atoms with van der Waals surface area (Å²) in [6.07, 6.45) is 5.54. The Morgan fingerprint density at radius 1 is 1.04 bits per heavy atom. The molecule has 25 heavy (non-hydrogen) atoms. The summed E-state index contributed by atoms with van der Waals surface area (Å²) < 4.78 is 5.43. The molecule has 1 aliphatic carbocycles. The second-order valence-corrected chi connectivity index (χ2v) is 9.36. The Labute approximate surface area is 157 Å². The Bertz CT molecular complexity index is 606. The van der Waals surface area contributed by atoms with Crippen LogP contribution >= 0.6 is 23.5 Å². The monoisotopic (exact) mass is 379 g/mol. The van der Waals surface area contributed by atoms with E-state index in [0.717, 1.165) is 19.3 Å². The molecule has 1 saturated carbocycles. The zero-order valence-corrected chi connectivity index (χ0v) is 16.2. The second-order valence-electron chi connectivity index (χ2n) is 6.64. The molecule has 1 heterocycles. The van der Waals surface area contributed by atoms with Gasteiger partial charge in [-0.1, -0.05) is 31.4 Å². The minimum atomic E-state index is -0.863. The van der Waals surface area contributed by atoms with Crippen molar-refractivity contribution < 1.29 is 14.3 Å². The van der Waals surface area contributed by atoms with Crippen molar-refractivity contribution in [3.63, 3.8) is 0 Å². The molecule has 0 bridgehead atoms. The first-order chi connectivity index (χ1) is 12.1. The second kappa shape index (κ2) is 8.49. The maximum Gasteiger partial charge on any atom is 0.331 e. The van der Waals surface area contributed by atoms with E-state index < -0.39 is 5.54 Å². The summed E-state index contributed by atoms with van der Waals surface area (Å²) in [5, 5.41) is 2.97. The van der Waals surface area contributed by atoms with E-state index in [1.807, 2.05) is 47.8 Å². The molecule has 1 aromatic rings. The zero-order valence-electron chi connectivity index (χ0n) is 14.6. The molecular weight excluding hydrogens is 354 g/mol. The fourth-order valence-electron chi connectivity index (χ4n) is 3.49. The van der Waals surface area contributed by atoms with Crippen LogP contribution in [0.2, 0.25) is 0 Å². The molecule has 3 rings (SSSR count). The van der Waals surface area contributed by atoms with Gasteiger partial charge in [-0.3, -0.25) is 4.79 Å². The van der Waals surface area contributed by atoms with Crippen LogP contribution in [0.15, 0.2) is 24.3 Å². The van der Waals surface area contributed by atoms with E-state index in [2.05, 4.69) is 5.32 Å². The summed E-state index contributed by atoms with van der Waals surface area (Å²) in [5.41, 5.74) is 0.993. The smallest absolute Gasteiger partial charge is 0.331 e. The molecule has 1 N–H and O–H groups in total. The van der Waals surface area contributed by atoms with Crippen LogP contribution in [-0.4, -0.2) is 36.0 Å². The number of ether oxygens (including phenoxy) is 1. The summed E-state index contributed by atoms with van der Waals surface area (Å²) in [4.78, 5) is 25.0. The number of carbonyl (C=O) groups is 2. The zero-order chi connectivity index (χ0) is 17.7. The SMILES string of the molecule is COC(=O)C1(NC(=O)c2ccc(C3SCCCS3)cc2)CCCCC1. The van der Waals surface area contributed by atoms with E-state index in [1.54, 1.807) is 0 Å². The molecule has 6 heteroatoms. The number of carbonyl (C=O) groups excluding carboxylic acids is 2. The van der Waals surface area contributed by atoms with E-state index in [-0.39, 0.29) is 11.9 Å². The van der Waals surface area contributed by atoms with Crippen LogP contribution < -0.4 is 5.32 Å². The molecular formula is C19H25NO3S2. The quantitative estimate of drug-likeness (QED) is 0.796. The first-order valence-corrected chi connectivity index (χ1v) is 11.0. The predicted octanol–water partition coefficient (Wildman–Crippen LogP) is 4.16. The molecule has 0 atom stereocenters. The Morgan fingerprint density at radius 3 is 2.28 bits per heavy atom. The molecule has 0 spiro atoms. The number of nitrogens with one attached hydrogen (secondary N) is 1. The normalized spacial score (nSPS) is 20.7. The lowest BCUT2D eigenvalue weighted by Crippen LogP contribution is -2.56. The Morgan fingerprint density at radius 2 is 1.68 bits per heavy atom. The lowest BCUT2D eigenvalue weighted by molar-refractivity contribution is -0.149. The van der Waals surface area contributed by atoms with Crippen LogP contribution in [0.4, 0.5) is 0 Å². The highest BCUT2D eigenvalue weighted by atomic mass is 32.2. The summed E-state index contributed by atoms with van der Waals surface area (Å²) in [7, 11) is 1.39. The van der Waals surface area contributed by atoms with Gasteiger partial charge in [0.2, 0.25) is 0 Å². The van der Waals surface area contributed by atoms with Gasteiger partial charge in [0, 0.05) is 5.56 Å². The van der Waals surface area contributed by atoms with Gasteiger partial charge in [-0.15, -0.1) is 23.5 Å². The Hall–Kier alpha value is -1.14. The van der Waals surface area contributed by atoms with Gasteiger partial charge in [0.15, 0.2) is 0 Å². The number of rotatable bonds is 4. The average molecular weight is 380 g/mol. The third-order valence-corrected chi connectivity index (χ3v) is 7.92. The molecule has 2 aliphatic rings. The largest absolute Gasteiger partial charge is 0.467 e. The van der Waals surface area contributed by atoms with Crippen molar-refractivity contribution in [2.75, 3.05) is 18.6 Å². The van der Waals surface area contributed by atoms with Crippen LogP contribution in [-0.2, 0) is 9.53 Å². The van der Waals surface area contributed by atoms with Gasteiger partial charge >= 0.3 is 5.97 Å². The van der Waals surface area contributed by atoms with E-state index in [4.69, 9.17) is 4.74 Å². The third kappa shape index (κ3) is 4.34. The number of benzene rings is 1. The summed E-state index contributed by atoms with van der Waals surface area (Å²) in [6.45, 7) is 0. The topological polar surface area (TPSA) is 55.4 Å². The van der Waals surface area contributed by atoms with Gasteiger partial charge in [0.1, 0.15) is 5.54 Å². The van der Waals surface area contributed by atoms with Crippen molar-refractivity contribution in [2.24, 2.45) is 0 Å². The summed E-state index contributed by atoms with van der Waals surface area (Å²) in [6, 6.07) is 7.82. The highest BCUT2D eigenvalue weighted by Crippen LogP contribution is 2.43. The highest BCUT2D eigenvalue weighted by Gasteiger charge is 2.42. The molecule has 1 amide bonds. The molecule has 1 aromatic carbocycles. The van der Waals surface area contributed by atoms with Crippen LogP contribution in [0.3, 0.4) is 0 Å². The number of esters is 1. The van der Waals surface area contributed by atoms with Gasteiger partial charge in [-0.25, -0.2) is 4.79 Å². The maximum absolute atomic E-state index is 12.7. The number of hydrogen-bond donors (Lipinski definition) is 1. The molecule has 0 unspecified atom stereocenters. The number of thioether (sulfide) groups is 2. The third-order valence-electron chi connectivity index (χ3n) is 4.91. The summed E-state index contributed by atoms with van der Waals surface area (Å²) in [5.74, 6) is 1.87. The lowest BCUT2D eigenvalue weighted by atomic mass is 9.81. The van der Waals surface area contributed by atoms with Crippen molar-refractivity contribution in [3.05, 3.63) is 35.4 Å². The van der Waals surface area contributed by atoms with Gasteiger partial charge in [0.05, 0.1) is 11.7 Å². The van der Waals surface area contributed by atoms with E-state index in [1.165, 1.54) is 30.6 Å². The number of methoxy groups -OCH3 is 1. The van der Waals surface area contributed by atoms with E-state index in [9.17, 15) is 9.59 Å². The molecule has 1 aliphatic heterocycles. The molecule has 1 saturated heterocycles. The molecule has 2 fully saturated rings. The van der Waals surface area contributed by atoms with E-state index in [0.29, 0.717) is 23.0 Å². The number of hydrogen-bond acceptors (Lipinski definition) is 5. The van der Waals surface area contributed by atoms with Crippen molar-refractivity contribution in [1.29, 1.82) is 0 Å². The van der Waals surface area contributed by atoms with Crippen molar-refractivity contribution in [3.8, 4) is 0 Å². The van der Waals surface area contributed by atoms with Crippen LogP contribution in [0.25, 0.3) is 0 Å². The minimum Gasteiger partial charge on any atom is -0.467 e. The Balaban J connectivity index is 1.70. The fraction of sp³-hybridized carbons (Fsp3) is 0.579. The molecule has 136 valence electrons. The fourth-order valence-corrected chi connectivity index (χ4v) is 6.39. The minimum absolute atomic E-state index is 0.192. The molecule has 0 radical (unpaired) electrons. The average Bonchev–Trinajstić information content (AvgIpc) is 2.68. The van der Waals surface area contributed by atoms with Gasteiger partial charge in [-0.05, 0) is 48.5 Å². The first-order valence-electron chi connectivity index (χ1n) is 8.89. The van der Waals surface area contributed by atoms with E-state index >= 15 is 0 Å². The van der Waals surface area contributed by atoms with Crippen molar-refractivity contribution in [1.82, 2.24) is 5.32 Å². The summed E-state index contributed by atoms with van der Waals surface area (Å²) >= 11 is 3.93. The van der Waals surface area contributed by atoms with Crippen molar-refractivity contribution in [2.45, 2.75) is 48.6 Å². The van der Waals surface area contributed by atoms with Gasteiger partial charge < -0.3 is 10.1 Å². The number of amides is 1. The predicted molar refractivity (Wildman–Crippen MR) is 104 cm³/mol. The van der Waals surface area contributed by atoms with Gasteiger partial charge in [0.25, 0.3) is 5.91 Å². The van der Waals surface area contributed by atoms with Crippen LogP contribution in [0, 0.1) is 0 Å².